The Kier molecular flexibility index (Phi) is 5.35. The van der Waals surface area contributed by atoms with E-state index in [4.69, 9.17) is 0 Å². The van der Waals surface area contributed by atoms with Crippen LogP contribution in [0.25, 0.3) is 10.9 Å². The summed E-state index contributed by atoms with van der Waals surface area (Å²) in [7, 11) is 0. The minimum Gasteiger partial charge on any atom is -0.481 e. The van der Waals surface area contributed by atoms with Gasteiger partial charge in [0.2, 0.25) is 0 Å². The maximum absolute atomic E-state index is 12.8. The number of aliphatic carboxylic acids is 2. The highest BCUT2D eigenvalue weighted by Gasteiger charge is 2.43. The lowest BCUT2D eigenvalue weighted by atomic mass is 9.87. The standard InChI is InChI=1S/C21H18N2O5/c24-18(25)13-21(20(27)28,12-14-6-2-1-3-7-14)23-19(26)17-11-10-15-8-4-5-9-16(15)22-17/h1-11H,12-13H2,(H,23,26)(H,24,25)(H,27,28). The zero-order valence-corrected chi connectivity index (χ0v) is 14.8. The minimum absolute atomic E-state index is 0.0165. The molecule has 0 aliphatic rings. The third-order valence-electron chi connectivity index (χ3n) is 4.39. The van der Waals surface area contributed by atoms with Crippen LogP contribution in [-0.4, -0.2) is 38.6 Å². The number of para-hydroxylation sites is 1. The summed E-state index contributed by atoms with van der Waals surface area (Å²) in [5.74, 6) is -3.50. The van der Waals surface area contributed by atoms with Crippen molar-refractivity contribution >= 4 is 28.7 Å². The summed E-state index contributed by atoms with van der Waals surface area (Å²) in [6.07, 6.45) is -0.939. The molecule has 3 N–H and O–H groups in total. The molecule has 0 fully saturated rings. The highest BCUT2D eigenvalue weighted by molar-refractivity contribution is 5.99. The minimum atomic E-state index is -2.00. The van der Waals surface area contributed by atoms with Crippen molar-refractivity contribution in [3.05, 3.63) is 78.0 Å². The average molecular weight is 378 g/mol. The van der Waals surface area contributed by atoms with Crippen molar-refractivity contribution in [3.63, 3.8) is 0 Å². The molecule has 142 valence electrons. The van der Waals surface area contributed by atoms with Gasteiger partial charge in [-0.3, -0.25) is 9.59 Å². The first-order chi connectivity index (χ1) is 13.4. The van der Waals surface area contributed by atoms with Crippen LogP contribution in [0.2, 0.25) is 0 Å². The van der Waals surface area contributed by atoms with Crippen LogP contribution in [0, 0.1) is 0 Å². The lowest BCUT2D eigenvalue weighted by molar-refractivity contribution is -0.151. The van der Waals surface area contributed by atoms with E-state index in [9.17, 15) is 24.6 Å². The normalized spacial score (nSPS) is 12.9. The third-order valence-corrected chi connectivity index (χ3v) is 4.39. The summed E-state index contributed by atoms with van der Waals surface area (Å²) in [6.45, 7) is 0. The van der Waals surface area contributed by atoms with Crippen LogP contribution in [0.1, 0.15) is 22.5 Å². The molecular weight excluding hydrogens is 360 g/mol. The number of nitrogens with one attached hydrogen (secondary N) is 1. The van der Waals surface area contributed by atoms with Gasteiger partial charge in [-0.2, -0.15) is 0 Å². The van der Waals surface area contributed by atoms with Crippen LogP contribution in [0.3, 0.4) is 0 Å². The second-order valence-corrected chi connectivity index (χ2v) is 6.46. The van der Waals surface area contributed by atoms with Gasteiger partial charge in [-0.1, -0.05) is 54.6 Å². The highest BCUT2D eigenvalue weighted by Crippen LogP contribution is 2.20. The van der Waals surface area contributed by atoms with Gasteiger partial charge in [0.25, 0.3) is 5.91 Å². The first-order valence-corrected chi connectivity index (χ1v) is 8.57. The van der Waals surface area contributed by atoms with Crippen LogP contribution in [0.4, 0.5) is 0 Å². The molecule has 0 bridgehead atoms. The number of benzene rings is 2. The summed E-state index contributed by atoms with van der Waals surface area (Å²) in [6, 6.07) is 18.9. The molecule has 1 amide bonds. The fourth-order valence-corrected chi connectivity index (χ4v) is 3.03. The summed E-state index contributed by atoms with van der Waals surface area (Å²) >= 11 is 0. The quantitative estimate of drug-likeness (QED) is 0.582. The number of hydrogen-bond donors (Lipinski definition) is 3. The van der Waals surface area contributed by atoms with Gasteiger partial charge in [-0.25, -0.2) is 9.78 Å². The molecule has 3 aromatic rings. The molecule has 7 nitrogen and oxygen atoms in total. The SMILES string of the molecule is O=C(O)CC(Cc1ccccc1)(NC(=O)c1ccc2ccccc2n1)C(=O)O. The molecule has 0 aliphatic heterocycles. The Morgan fingerprint density at radius 2 is 1.57 bits per heavy atom. The van der Waals surface area contributed by atoms with Gasteiger partial charge in [0, 0.05) is 11.8 Å². The fraction of sp³-hybridized carbons (Fsp3) is 0.143. The van der Waals surface area contributed by atoms with Crippen molar-refractivity contribution in [1.29, 1.82) is 0 Å². The van der Waals surface area contributed by atoms with Crippen LogP contribution >= 0.6 is 0 Å². The van der Waals surface area contributed by atoms with Crippen molar-refractivity contribution in [1.82, 2.24) is 10.3 Å². The Labute approximate surface area is 160 Å². The summed E-state index contributed by atoms with van der Waals surface area (Å²) in [5.41, 5.74) is -0.810. The lowest BCUT2D eigenvalue weighted by Crippen LogP contribution is -2.57. The predicted octanol–water partition coefficient (Wildman–Crippen LogP) is 2.51. The van der Waals surface area contributed by atoms with Crippen molar-refractivity contribution in [3.8, 4) is 0 Å². The number of carbonyl (C=O) groups excluding carboxylic acids is 1. The van der Waals surface area contributed by atoms with Gasteiger partial charge in [0.05, 0.1) is 11.9 Å². The molecule has 0 saturated carbocycles. The lowest BCUT2D eigenvalue weighted by Gasteiger charge is -2.29. The number of carbonyl (C=O) groups is 3. The molecule has 0 spiro atoms. The van der Waals surface area contributed by atoms with Gasteiger partial charge in [0.1, 0.15) is 5.69 Å². The maximum atomic E-state index is 12.8. The monoisotopic (exact) mass is 378 g/mol. The first kappa shape index (κ1) is 19.0. The number of carboxylic acid groups (broad SMARTS) is 2. The number of pyridine rings is 1. The van der Waals surface area contributed by atoms with E-state index < -0.39 is 29.8 Å². The number of carboxylic acids is 2. The molecule has 1 unspecified atom stereocenters. The number of amides is 1. The molecule has 0 aliphatic carbocycles. The highest BCUT2D eigenvalue weighted by atomic mass is 16.4. The van der Waals surface area contributed by atoms with Crippen LogP contribution in [-0.2, 0) is 16.0 Å². The number of nitrogens with zero attached hydrogens (tertiary/aromatic N) is 1. The van der Waals surface area contributed by atoms with Crippen molar-refractivity contribution in [2.45, 2.75) is 18.4 Å². The molecule has 7 heteroatoms. The number of hydrogen-bond acceptors (Lipinski definition) is 4. The predicted molar refractivity (Wildman–Crippen MR) is 102 cm³/mol. The molecule has 1 atom stereocenters. The molecular formula is C21H18N2O5. The maximum Gasteiger partial charge on any atom is 0.330 e. The van der Waals surface area contributed by atoms with Gasteiger partial charge in [-0.05, 0) is 17.7 Å². The summed E-state index contributed by atoms with van der Waals surface area (Å²) in [5, 5.41) is 22.3. The Bertz CT molecular complexity index is 1040. The van der Waals surface area contributed by atoms with E-state index in [2.05, 4.69) is 10.3 Å². The molecule has 0 saturated heterocycles. The molecule has 1 aromatic heterocycles. The summed E-state index contributed by atoms with van der Waals surface area (Å²) in [4.78, 5) is 40.4. The molecule has 3 rings (SSSR count). The van der Waals surface area contributed by atoms with Crippen LogP contribution in [0.15, 0.2) is 66.7 Å². The van der Waals surface area contributed by atoms with Crippen molar-refractivity contribution in [2.24, 2.45) is 0 Å². The average Bonchev–Trinajstić information content (AvgIpc) is 2.67. The number of fused-ring (bicyclic) bond motifs is 1. The topological polar surface area (TPSA) is 117 Å². The Balaban J connectivity index is 1.95. The van der Waals surface area contributed by atoms with Crippen molar-refractivity contribution < 1.29 is 24.6 Å². The largest absolute Gasteiger partial charge is 0.481 e. The van der Waals surface area contributed by atoms with E-state index in [1.165, 1.54) is 6.07 Å². The van der Waals surface area contributed by atoms with E-state index in [1.54, 1.807) is 48.5 Å². The molecule has 0 radical (unpaired) electrons. The fourth-order valence-electron chi connectivity index (χ4n) is 3.03. The Hall–Kier alpha value is -3.74. The van der Waals surface area contributed by atoms with Gasteiger partial charge in [-0.15, -0.1) is 0 Å². The number of rotatable bonds is 7. The smallest absolute Gasteiger partial charge is 0.330 e. The second-order valence-electron chi connectivity index (χ2n) is 6.46. The van der Waals surface area contributed by atoms with E-state index in [-0.39, 0.29) is 12.1 Å². The van der Waals surface area contributed by atoms with Gasteiger partial charge >= 0.3 is 11.9 Å². The van der Waals surface area contributed by atoms with E-state index in [0.29, 0.717) is 11.1 Å². The zero-order chi connectivity index (χ0) is 20.1. The Morgan fingerprint density at radius 3 is 2.25 bits per heavy atom. The molecule has 28 heavy (non-hydrogen) atoms. The van der Waals surface area contributed by atoms with Gasteiger partial charge in [0.15, 0.2) is 5.54 Å². The van der Waals surface area contributed by atoms with Crippen LogP contribution < -0.4 is 5.32 Å². The third kappa shape index (κ3) is 4.15. The Morgan fingerprint density at radius 1 is 0.893 bits per heavy atom. The second kappa shape index (κ2) is 7.87. The van der Waals surface area contributed by atoms with Gasteiger partial charge < -0.3 is 15.5 Å². The summed E-state index contributed by atoms with van der Waals surface area (Å²) < 4.78 is 0. The zero-order valence-electron chi connectivity index (χ0n) is 14.8. The first-order valence-electron chi connectivity index (χ1n) is 8.57. The molecule has 1 heterocycles. The van der Waals surface area contributed by atoms with E-state index in [0.717, 1.165) is 5.39 Å². The van der Waals surface area contributed by atoms with Crippen LogP contribution in [0.5, 0.6) is 0 Å². The number of aromatic nitrogens is 1. The van der Waals surface area contributed by atoms with E-state index in [1.807, 2.05) is 12.1 Å². The van der Waals surface area contributed by atoms with Crippen molar-refractivity contribution in [2.75, 3.05) is 0 Å². The van der Waals surface area contributed by atoms with E-state index >= 15 is 0 Å². The molecule has 2 aromatic carbocycles.